The van der Waals surface area contributed by atoms with Crippen LogP contribution in [0.3, 0.4) is 0 Å². The summed E-state index contributed by atoms with van der Waals surface area (Å²) in [4.78, 5) is 21.1. The summed E-state index contributed by atoms with van der Waals surface area (Å²) in [6, 6.07) is 5.21. The SMILES string of the molecule is O=C1C=C(O)C(C2C=CC=C2)N1c1ccc2nc[nH]c2c1. The molecule has 2 aromatic rings. The number of hydrogen-bond donors (Lipinski definition) is 2. The fourth-order valence-electron chi connectivity index (χ4n) is 2.94. The number of fused-ring (bicyclic) bond motifs is 1. The van der Waals surface area contributed by atoms with Crippen molar-refractivity contribution in [3.05, 3.63) is 60.7 Å². The zero-order chi connectivity index (χ0) is 14.4. The Morgan fingerprint density at radius 3 is 2.86 bits per heavy atom. The number of anilines is 1. The molecule has 1 amide bonds. The van der Waals surface area contributed by atoms with Crippen LogP contribution in [0.2, 0.25) is 0 Å². The monoisotopic (exact) mass is 279 g/mol. The minimum Gasteiger partial charge on any atom is -0.510 e. The van der Waals surface area contributed by atoms with Crippen LogP contribution in [-0.4, -0.2) is 27.0 Å². The van der Waals surface area contributed by atoms with E-state index < -0.39 is 0 Å². The molecule has 1 atom stereocenters. The number of aromatic nitrogens is 2. The maximum Gasteiger partial charge on any atom is 0.255 e. The molecule has 2 N–H and O–H groups in total. The van der Waals surface area contributed by atoms with Crippen LogP contribution in [0.1, 0.15) is 0 Å². The summed E-state index contributed by atoms with van der Waals surface area (Å²) in [5.41, 5.74) is 2.46. The number of aliphatic hydroxyl groups excluding tert-OH is 1. The van der Waals surface area contributed by atoms with Crippen molar-refractivity contribution in [2.45, 2.75) is 6.04 Å². The number of aliphatic hydroxyl groups is 1. The number of aromatic amines is 1. The Balaban J connectivity index is 1.79. The predicted octanol–water partition coefficient (Wildman–Crippen LogP) is 2.46. The lowest BCUT2D eigenvalue weighted by Gasteiger charge is -2.28. The molecule has 0 saturated heterocycles. The molecule has 0 fully saturated rings. The Hall–Kier alpha value is -2.82. The third-order valence-electron chi connectivity index (χ3n) is 3.91. The van der Waals surface area contributed by atoms with E-state index in [1.54, 1.807) is 11.2 Å². The van der Waals surface area contributed by atoms with Gasteiger partial charge in [0.1, 0.15) is 11.8 Å². The first kappa shape index (κ1) is 12.0. The van der Waals surface area contributed by atoms with Crippen molar-refractivity contribution >= 4 is 22.6 Å². The number of carbonyl (C=O) groups excluding carboxylic acids is 1. The summed E-state index contributed by atoms with van der Waals surface area (Å²) in [5, 5.41) is 10.1. The van der Waals surface area contributed by atoms with E-state index in [0.29, 0.717) is 0 Å². The maximum absolute atomic E-state index is 12.2. The van der Waals surface area contributed by atoms with E-state index in [4.69, 9.17) is 0 Å². The molecule has 1 aromatic heterocycles. The van der Waals surface area contributed by atoms with E-state index in [9.17, 15) is 9.90 Å². The van der Waals surface area contributed by atoms with Crippen molar-refractivity contribution in [2.75, 3.05) is 4.90 Å². The first-order valence-electron chi connectivity index (χ1n) is 6.76. The highest BCUT2D eigenvalue weighted by atomic mass is 16.3. The van der Waals surface area contributed by atoms with Crippen molar-refractivity contribution in [2.24, 2.45) is 5.92 Å². The van der Waals surface area contributed by atoms with E-state index in [0.717, 1.165) is 16.7 Å². The lowest BCUT2D eigenvalue weighted by atomic mass is 9.99. The third-order valence-corrected chi connectivity index (χ3v) is 3.91. The summed E-state index contributed by atoms with van der Waals surface area (Å²) in [6.07, 6.45) is 10.7. The molecule has 1 aliphatic carbocycles. The molecule has 2 heterocycles. The van der Waals surface area contributed by atoms with Gasteiger partial charge >= 0.3 is 0 Å². The summed E-state index contributed by atoms with van der Waals surface area (Å²) < 4.78 is 0. The van der Waals surface area contributed by atoms with E-state index >= 15 is 0 Å². The standard InChI is InChI=1S/C16H13N3O2/c20-14-8-15(21)19(16(14)10-3-1-2-4-10)11-5-6-12-13(7-11)18-9-17-12/h1-10,16,20H,(H,17,18). The number of benzene rings is 1. The van der Waals surface area contributed by atoms with Crippen LogP contribution in [0.15, 0.2) is 60.7 Å². The van der Waals surface area contributed by atoms with Gasteiger partial charge in [-0.3, -0.25) is 9.69 Å². The average molecular weight is 279 g/mol. The Kier molecular flexibility index (Phi) is 2.47. The van der Waals surface area contributed by atoms with Gasteiger partial charge in [0.05, 0.1) is 17.4 Å². The minimum atomic E-state index is -0.382. The minimum absolute atomic E-state index is 0.00911. The van der Waals surface area contributed by atoms with E-state index in [1.165, 1.54) is 6.08 Å². The lowest BCUT2D eigenvalue weighted by molar-refractivity contribution is -0.114. The summed E-state index contributed by atoms with van der Waals surface area (Å²) in [7, 11) is 0. The first-order valence-corrected chi connectivity index (χ1v) is 6.76. The molecule has 1 aliphatic heterocycles. The number of nitrogens with one attached hydrogen (secondary N) is 1. The lowest BCUT2D eigenvalue weighted by Crippen LogP contribution is -2.39. The van der Waals surface area contributed by atoms with Gasteiger partial charge in [-0.15, -0.1) is 0 Å². The number of imidazole rings is 1. The predicted molar refractivity (Wildman–Crippen MR) is 79.8 cm³/mol. The second-order valence-corrected chi connectivity index (χ2v) is 5.17. The third kappa shape index (κ3) is 1.78. The van der Waals surface area contributed by atoms with Crippen molar-refractivity contribution in [3.8, 4) is 0 Å². The maximum atomic E-state index is 12.2. The van der Waals surface area contributed by atoms with Crippen LogP contribution in [0.4, 0.5) is 5.69 Å². The largest absolute Gasteiger partial charge is 0.510 e. The fraction of sp³-hybridized carbons (Fsp3) is 0.125. The quantitative estimate of drug-likeness (QED) is 0.887. The van der Waals surface area contributed by atoms with Gasteiger partial charge in [0.15, 0.2) is 0 Å². The Morgan fingerprint density at radius 1 is 1.24 bits per heavy atom. The summed E-state index contributed by atoms with van der Waals surface area (Å²) in [6.45, 7) is 0. The molecule has 0 saturated carbocycles. The molecule has 1 unspecified atom stereocenters. The highest BCUT2D eigenvalue weighted by Crippen LogP contribution is 2.33. The fourth-order valence-corrected chi connectivity index (χ4v) is 2.94. The molecule has 4 rings (SSSR count). The highest BCUT2D eigenvalue weighted by Gasteiger charge is 2.38. The number of amides is 1. The molecular formula is C16H13N3O2. The zero-order valence-corrected chi connectivity index (χ0v) is 11.1. The molecule has 0 radical (unpaired) electrons. The molecule has 5 heteroatoms. The molecule has 21 heavy (non-hydrogen) atoms. The second-order valence-electron chi connectivity index (χ2n) is 5.17. The van der Waals surface area contributed by atoms with Crippen LogP contribution in [0.5, 0.6) is 0 Å². The van der Waals surface area contributed by atoms with Crippen LogP contribution < -0.4 is 4.90 Å². The summed E-state index contributed by atoms with van der Waals surface area (Å²) in [5.74, 6) is -0.110. The second kappa shape index (κ2) is 4.34. The van der Waals surface area contributed by atoms with Gasteiger partial charge in [-0.25, -0.2) is 4.98 Å². The molecule has 5 nitrogen and oxygen atoms in total. The molecule has 1 aromatic carbocycles. The van der Waals surface area contributed by atoms with Gasteiger partial charge in [0, 0.05) is 17.7 Å². The van der Waals surface area contributed by atoms with Crippen LogP contribution >= 0.6 is 0 Å². The number of carbonyl (C=O) groups is 1. The van der Waals surface area contributed by atoms with Gasteiger partial charge in [-0.2, -0.15) is 0 Å². The number of hydrogen-bond acceptors (Lipinski definition) is 3. The van der Waals surface area contributed by atoms with E-state index in [-0.39, 0.29) is 23.6 Å². The van der Waals surface area contributed by atoms with Crippen LogP contribution in [0.25, 0.3) is 11.0 Å². The van der Waals surface area contributed by atoms with Crippen LogP contribution in [-0.2, 0) is 4.79 Å². The average Bonchev–Trinajstić information content (AvgIpc) is 3.17. The Bertz CT molecular complexity index is 804. The number of nitrogens with zero attached hydrogens (tertiary/aromatic N) is 2. The Labute approximate surface area is 120 Å². The van der Waals surface area contributed by atoms with Gasteiger partial charge in [-0.05, 0) is 18.2 Å². The highest BCUT2D eigenvalue weighted by molar-refractivity contribution is 6.06. The first-order chi connectivity index (χ1) is 10.2. The summed E-state index contributed by atoms with van der Waals surface area (Å²) >= 11 is 0. The van der Waals surface area contributed by atoms with Crippen molar-refractivity contribution in [3.63, 3.8) is 0 Å². The normalized spacial score (nSPS) is 21.7. The molecule has 0 spiro atoms. The molecular weight excluding hydrogens is 266 g/mol. The van der Waals surface area contributed by atoms with Gasteiger partial charge in [-0.1, -0.05) is 24.3 Å². The Morgan fingerprint density at radius 2 is 2.05 bits per heavy atom. The van der Waals surface area contributed by atoms with Crippen molar-refractivity contribution in [1.29, 1.82) is 0 Å². The molecule has 2 aliphatic rings. The van der Waals surface area contributed by atoms with E-state index in [2.05, 4.69) is 9.97 Å². The van der Waals surface area contributed by atoms with E-state index in [1.807, 2.05) is 42.5 Å². The zero-order valence-electron chi connectivity index (χ0n) is 11.1. The molecule has 0 bridgehead atoms. The number of H-pyrrole nitrogens is 1. The van der Waals surface area contributed by atoms with Crippen molar-refractivity contribution < 1.29 is 9.90 Å². The number of allylic oxidation sites excluding steroid dienone is 2. The van der Waals surface area contributed by atoms with Crippen molar-refractivity contribution in [1.82, 2.24) is 9.97 Å². The van der Waals surface area contributed by atoms with Gasteiger partial charge in [0.25, 0.3) is 5.91 Å². The van der Waals surface area contributed by atoms with Crippen LogP contribution in [0, 0.1) is 5.92 Å². The molecule has 104 valence electrons. The topological polar surface area (TPSA) is 69.2 Å². The number of rotatable bonds is 2. The van der Waals surface area contributed by atoms with Gasteiger partial charge < -0.3 is 10.1 Å². The van der Waals surface area contributed by atoms with Gasteiger partial charge in [0.2, 0.25) is 0 Å². The smallest absolute Gasteiger partial charge is 0.255 e.